The Balaban J connectivity index is 2.85. The molecule has 1 heterocycles. The number of nitrogens with two attached hydrogens (primary N) is 1. The van der Waals surface area contributed by atoms with Gasteiger partial charge in [-0.15, -0.1) is 0 Å². The molecule has 2 aromatic rings. The number of hydrogen-bond acceptors (Lipinski definition) is 1. The van der Waals surface area contributed by atoms with Crippen LogP contribution in [0.25, 0.3) is 10.9 Å². The highest BCUT2D eigenvalue weighted by Gasteiger charge is 2.10. The van der Waals surface area contributed by atoms with Crippen molar-refractivity contribution in [3.05, 3.63) is 33.4 Å². The van der Waals surface area contributed by atoms with E-state index in [0.717, 1.165) is 22.2 Å². The van der Waals surface area contributed by atoms with Gasteiger partial charge in [0.05, 0.1) is 15.6 Å². The van der Waals surface area contributed by atoms with Gasteiger partial charge in [0.25, 0.3) is 0 Å². The summed E-state index contributed by atoms with van der Waals surface area (Å²) in [6.07, 6.45) is 0. The van der Waals surface area contributed by atoms with Crippen molar-refractivity contribution in [1.29, 1.82) is 0 Å². The van der Waals surface area contributed by atoms with E-state index >= 15 is 0 Å². The molecule has 0 amide bonds. The zero-order valence-corrected chi connectivity index (χ0v) is 9.21. The van der Waals surface area contributed by atoms with Crippen molar-refractivity contribution in [2.24, 2.45) is 5.73 Å². The zero-order chi connectivity index (χ0) is 10.3. The molecule has 4 heteroatoms. The van der Waals surface area contributed by atoms with Crippen LogP contribution in [-0.4, -0.2) is 4.98 Å². The second kappa shape index (κ2) is 3.46. The maximum Gasteiger partial charge on any atom is 0.0833 e. The van der Waals surface area contributed by atoms with E-state index in [1.807, 2.05) is 13.0 Å². The molecule has 14 heavy (non-hydrogen) atoms. The first-order valence-corrected chi connectivity index (χ1v) is 5.06. The lowest BCUT2D eigenvalue weighted by molar-refractivity contribution is 1.00. The minimum Gasteiger partial charge on any atom is -0.356 e. The minimum atomic E-state index is 0.481. The van der Waals surface area contributed by atoms with Gasteiger partial charge in [0.2, 0.25) is 0 Å². The molecule has 2 rings (SSSR count). The predicted molar refractivity (Wildman–Crippen MR) is 60.9 cm³/mol. The number of aromatic nitrogens is 1. The topological polar surface area (TPSA) is 41.8 Å². The maximum atomic E-state index is 6.06. The summed E-state index contributed by atoms with van der Waals surface area (Å²) in [7, 11) is 0. The van der Waals surface area contributed by atoms with Gasteiger partial charge in [-0.2, -0.15) is 0 Å². The fourth-order valence-electron chi connectivity index (χ4n) is 1.60. The first-order chi connectivity index (χ1) is 6.65. The second-order valence-electron chi connectivity index (χ2n) is 3.22. The standard InChI is InChI=1S/C10H10Cl2N2/c1-5-6-2-3-7(11)9(12)10(6)14-8(5)4-13/h2-3,14H,4,13H2,1H3. The Hall–Kier alpha value is -0.700. The Bertz CT molecular complexity index is 488. The highest BCUT2D eigenvalue weighted by molar-refractivity contribution is 6.45. The van der Waals surface area contributed by atoms with Crippen LogP contribution in [-0.2, 0) is 6.54 Å². The van der Waals surface area contributed by atoms with Crippen molar-refractivity contribution in [1.82, 2.24) is 4.98 Å². The number of hydrogen-bond donors (Lipinski definition) is 2. The molecule has 0 aliphatic heterocycles. The van der Waals surface area contributed by atoms with Gasteiger partial charge in [-0.3, -0.25) is 0 Å². The van der Waals surface area contributed by atoms with Crippen LogP contribution in [0.1, 0.15) is 11.3 Å². The molecule has 0 bridgehead atoms. The number of H-pyrrole nitrogens is 1. The van der Waals surface area contributed by atoms with Gasteiger partial charge in [0.1, 0.15) is 0 Å². The number of benzene rings is 1. The number of aromatic amines is 1. The third-order valence-corrected chi connectivity index (χ3v) is 3.24. The average molecular weight is 229 g/mol. The molecule has 0 saturated carbocycles. The molecule has 1 aromatic heterocycles. The zero-order valence-electron chi connectivity index (χ0n) is 7.70. The molecule has 0 atom stereocenters. The maximum absolute atomic E-state index is 6.06. The number of halogens is 2. The van der Waals surface area contributed by atoms with E-state index in [0.29, 0.717) is 16.6 Å². The monoisotopic (exact) mass is 228 g/mol. The van der Waals surface area contributed by atoms with Crippen LogP contribution >= 0.6 is 23.2 Å². The summed E-state index contributed by atoms with van der Waals surface area (Å²) in [6, 6.07) is 3.75. The lowest BCUT2D eigenvalue weighted by Gasteiger charge is -1.96. The molecule has 0 unspecified atom stereocenters. The van der Waals surface area contributed by atoms with Crippen LogP contribution in [0, 0.1) is 6.92 Å². The third-order valence-electron chi connectivity index (χ3n) is 2.43. The summed E-state index contributed by atoms with van der Waals surface area (Å²) in [5.74, 6) is 0. The van der Waals surface area contributed by atoms with Crippen molar-refractivity contribution in [2.45, 2.75) is 13.5 Å². The van der Waals surface area contributed by atoms with E-state index < -0.39 is 0 Å². The van der Waals surface area contributed by atoms with Crippen LogP contribution < -0.4 is 5.73 Å². The van der Waals surface area contributed by atoms with Gasteiger partial charge in [0.15, 0.2) is 0 Å². The number of nitrogens with one attached hydrogen (secondary N) is 1. The van der Waals surface area contributed by atoms with Crippen molar-refractivity contribution in [2.75, 3.05) is 0 Å². The van der Waals surface area contributed by atoms with Gasteiger partial charge >= 0.3 is 0 Å². The van der Waals surface area contributed by atoms with E-state index in [1.165, 1.54) is 0 Å². The molecule has 2 nitrogen and oxygen atoms in total. The molecule has 1 aromatic carbocycles. The summed E-state index contributed by atoms with van der Waals surface area (Å²) < 4.78 is 0. The normalized spacial score (nSPS) is 11.1. The van der Waals surface area contributed by atoms with Crippen molar-refractivity contribution in [3.8, 4) is 0 Å². The highest BCUT2D eigenvalue weighted by Crippen LogP contribution is 2.32. The summed E-state index contributed by atoms with van der Waals surface area (Å²) in [5.41, 5.74) is 8.61. The van der Waals surface area contributed by atoms with Crippen LogP contribution in [0.4, 0.5) is 0 Å². The number of aryl methyl sites for hydroxylation is 1. The van der Waals surface area contributed by atoms with Crippen LogP contribution in [0.5, 0.6) is 0 Å². The lowest BCUT2D eigenvalue weighted by Crippen LogP contribution is -1.97. The summed E-state index contributed by atoms with van der Waals surface area (Å²) >= 11 is 12.0. The molecule has 0 radical (unpaired) electrons. The first kappa shape index (κ1) is 9.84. The fourth-order valence-corrected chi connectivity index (χ4v) is 1.97. The smallest absolute Gasteiger partial charge is 0.0833 e. The van der Waals surface area contributed by atoms with E-state index in [9.17, 15) is 0 Å². The molecule has 74 valence electrons. The molecule has 0 aliphatic rings. The Morgan fingerprint density at radius 3 is 2.71 bits per heavy atom. The van der Waals surface area contributed by atoms with Crippen LogP contribution in [0.2, 0.25) is 10.0 Å². The fraction of sp³-hybridized carbons (Fsp3) is 0.200. The molecular weight excluding hydrogens is 219 g/mol. The molecular formula is C10H10Cl2N2. The van der Waals surface area contributed by atoms with Gasteiger partial charge in [0, 0.05) is 17.6 Å². The second-order valence-corrected chi connectivity index (χ2v) is 4.00. The minimum absolute atomic E-state index is 0.481. The predicted octanol–water partition coefficient (Wildman–Crippen LogP) is 3.24. The molecule has 0 fully saturated rings. The van der Waals surface area contributed by atoms with Gasteiger partial charge in [-0.1, -0.05) is 29.3 Å². The Labute approximate surface area is 92.0 Å². The van der Waals surface area contributed by atoms with Crippen LogP contribution in [0.15, 0.2) is 12.1 Å². The molecule has 0 aliphatic carbocycles. The average Bonchev–Trinajstić information content (AvgIpc) is 2.50. The lowest BCUT2D eigenvalue weighted by atomic mass is 10.1. The Kier molecular flexibility index (Phi) is 2.43. The number of rotatable bonds is 1. The summed E-state index contributed by atoms with van der Waals surface area (Å²) in [6.45, 7) is 2.50. The van der Waals surface area contributed by atoms with E-state index in [4.69, 9.17) is 28.9 Å². The van der Waals surface area contributed by atoms with Gasteiger partial charge in [-0.05, 0) is 18.6 Å². The first-order valence-electron chi connectivity index (χ1n) is 4.30. The Morgan fingerprint density at radius 2 is 2.07 bits per heavy atom. The Morgan fingerprint density at radius 1 is 1.36 bits per heavy atom. The molecule has 3 N–H and O–H groups in total. The van der Waals surface area contributed by atoms with Crippen molar-refractivity contribution < 1.29 is 0 Å². The van der Waals surface area contributed by atoms with E-state index in [2.05, 4.69) is 4.98 Å². The van der Waals surface area contributed by atoms with Crippen molar-refractivity contribution >= 4 is 34.1 Å². The number of fused-ring (bicyclic) bond motifs is 1. The SMILES string of the molecule is Cc1c(CN)[nH]c2c(Cl)c(Cl)ccc12. The molecule has 0 spiro atoms. The van der Waals surface area contributed by atoms with E-state index in [1.54, 1.807) is 6.07 Å². The van der Waals surface area contributed by atoms with Gasteiger partial charge < -0.3 is 10.7 Å². The summed E-state index contributed by atoms with van der Waals surface area (Å²) in [4.78, 5) is 3.18. The quantitative estimate of drug-likeness (QED) is 0.774. The van der Waals surface area contributed by atoms with Crippen LogP contribution in [0.3, 0.4) is 0 Å². The van der Waals surface area contributed by atoms with Crippen molar-refractivity contribution in [3.63, 3.8) is 0 Å². The molecule has 0 saturated heterocycles. The third kappa shape index (κ3) is 1.31. The van der Waals surface area contributed by atoms with E-state index in [-0.39, 0.29) is 0 Å². The largest absolute Gasteiger partial charge is 0.356 e. The summed E-state index contributed by atoms with van der Waals surface area (Å²) in [5, 5.41) is 2.20. The van der Waals surface area contributed by atoms with Gasteiger partial charge in [-0.25, -0.2) is 0 Å². The highest BCUT2D eigenvalue weighted by atomic mass is 35.5.